The highest BCUT2D eigenvalue weighted by Crippen LogP contribution is 2.26. The standard InChI is InChI=1S/C17H26F2N2/c1-4-6-16-11-21(17(3,5-2)12-20-16)10-13-7-14(18)9-15(19)8-13/h7-9,16,20H,4-6,10-12H2,1-3H3. The summed E-state index contributed by atoms with van der Waals surface area (Å²) in [6.07, 6.45) is 3.29. The molecule has 1 heterocycles. The van der Waals surface area contributed by atoms with Gasteiger partial charge in [0.05, 0.1) is 0 Å². The Balaban J connectivity index is 2.15. The van der Waals surface area contributed by atoms with Crippen LogP contribution in [-0.4, -0.2) is 29.6 Å². The van der Waals surface area contributed by atoms with E-state index in [1.165, 1.54) is 12.1 Å². The molecule has 1 aromatic rings. The first-order valence-corrected chi connectivity index (χ1v) is 7.90. The van der Waals surface area contributed by atoms with Gasteiger partial charge in [-0.2, -0.15) is 0 Å². The normalized spacial score (nSPS) is 27.0. The molecule has 1 aliphatic rings. The van der Waals surface area contributed by atoms with Crippen molar-refractivity contribution >= 4 is 0 Å². The molecule has 1 aromatic carbocycles. The van der Waals surface area contributed by atoms with Gasteiger partial charge in [0.15, 0.2) is 0 Å². The van der Waals surface area contributed by atoms with Crippen molar-refractivity contribution in [2.24, 2.45) is 0 Å². The third-order valence-corrected chi connectivity index (χ3v) is 4.67. The van der Waals surface area contributed by atoms with Crippen molar-refractivity contribution in [3.8, 4) is 0 Å². The van der Waals surface area contributed by atoms with Crippen LogP contribution >= 0.6 is 0 Å². The number of hydrogen-bond donors (Lipinski definition) is 1. The molecule has 1 fully saturated rings. The number of benzene rings is 1. The minimum Gasteiger partial charge on any atom is -0.311 e. The van der Waals surface area contributed by atoms with Crippen LogP contribution in [0.1, 0.15) is 45.6 Å². The average molecular weight is 296 g/mol. The van der Waals surface area contributed by atoms with Crippen LogP contribution in [0.25, 0.3) is 0 Å². The second-order valence-corrected chi connectivity index (χ2v) is 6.38. The molecule has 0 bridgehead atoms. The summed E-state index contributed by atoms with van der Waals surface area (Å²) in [5, 5.41) is 3.61. The lowest BCUT2D eigenvalue weighted by Crippen LogP contribution is -2.62. The number of hydrogen-bond acceptors (Lipinski definition) is 2. The van der Waals surface area contributed by atoms with Crippen LogP contribution in [0.5, 0.6) is 0 Å². The first-order chi connectivity index (χ1) is 9.96. The van der Waals surface area contributed by atoms with Gasteiger partial charge in [0.2, 0.25) is 0 Å². The summed E-state index contributed by atoms with van der Waals surface area (Å²) >= 11 is 0. The number of rotatable bonds is 5. The van der Waals surface area contributed by atoms with Crippen LogP contribution in [-0.2, 0) is 6.54 Å². The minimum absolute atomic E-state index is 0.0348. The van der Waals surface area contributed by atoms with Gasteiger partial charge in [-0.15, -0.1) is 0 Å². The maximum absolute atomic E-state index is 13.4. The largest absolute Gasteiger partial charge is 0.311 e. The van der Waals surface area contributed by atoms with Gasteiger partial charge in [0.25, 0.3) is 0 Å². The number of halogens is 2. The molecule has 0 spiro atoms. The topological polar surface area (TPSA) is 15.3 Å². The van der Waals surface area contributed by atoms with Gasteiger partial charge in [-0.05, 0) is 37.5 Å². The molecule has 4 heteroatoms. The number of nitrogens with one attached hydrogen (secondary N) is 1. The quantitative estimate of drug-likeness (QED) is 0.891. The van der Waals surface area contributed by atoms with Crippen molar-refractivity contribution in [1.82, 2.24) is 10.2 Å². The van der Waals surface area contributed by atoms with E-state index in [1.54, 1.807) is 0 Å². The van der Waals surface area contributed by atoms with Crippen LogP contribution in [0.3, 0.4) is 0 Å². The highest BCUT2D eigenvalue weighted by Gasteiger charge is 2.35. The fourth-order valence-electron chi connectivity index (χ4n) is 3.10. The predicted octanol–water partition coefficient (Wildman–Crippen LogP) is 3.71. The van der Waals surface area contributed by atoms with Crippen molar-refractivity contribution in [2.45, 2.75) is 58.2 Å². The lowest BCUT2D eigenvalue weighted by Gasteiger charge is -2.48. The Morgan fingerprint density at radius 1 is 1.24 bits per heavy atom. The summed E-state index contributed by atoms with van der Waals surface area (Å²) < 4.78 is 26.8. The van der Waals surface area contributed by atoms with Gasteiger partial charge in [-0.3, -0.25) is 4.90 Å². The zero-order valence-electron chi connectivity index (χ0n) is 13.3. The van der Waals surface area contributed by atoms with Crippen LogP contribution in [0, 0.1) is 11.6 Å². The monoisotopic (exact) mass is 296 g/mol. The molecule has 1 saturated heterocycles. The summed E-state index contributed by atoms with van der Waals surface area (Å²) in [6.45, 7) is 9.02. The molecule has 0 amide bonds. The molecular weight excluding hydrogens is 270 g/mol. The Morgan fingerprint density at radius 2 is 1.90 bits per heavy atom. The maximum atomic E-state index is 13.4. The third-order valence-electron chi connectivity index (χ3n) is 4.67. The zero-order valence-corrected chi connectivity index (χ0v) is 13.3. The lowest BCUT2D eigenvalue weighted by atomic mass is 9.90. The van der Waals surface area contributed by atoms with E-state index in [4.69, 9.17) is 0 Å². The average Bonchev–Trinajstić information content (AvgIpc) is 2.42. The Labute approximate surface area is 126 Å². The smallest absolute Gasteiger partial charge is 0.126 e. The van der Waals surface area contributed by atoms with Crippen molar-refractivity contribution in [3.05, 3.63) is 35.4 Å². The van der Waals surface area contributed by atoms with Crippen molar-refractivity contribution < 1.29 is 8.78 Å². The van der Waals surface area contributed by atoms with Crippen molar-refractivity contribution in [2.75, 3.05) is 13.1 Å². The second-order valence-electron chi connectivity index (χ2n) is 6.38. The first kappa shape index (κ1) is 16.4. The van der Waals surface area contributed by atoms with E-state index >= 15 is 0 Å². The van der Waals surface area contributed by atoms with E-state index in [-0.39, 0.29) is 5.54 Å². The van der Waals surface area contributed by atoms with Gasteiger partial charge in [0, 0.05) is 37.3 Å². The SMILES string of the molecule is CCCC1CN(Cc2cc(F)cc(F)c2)C(C)(CC)CN1. The van der Waals surface area contributed by atoms with E-state index in [1.807, 2.05) is 0 Å². The molecule has 2 rings (SSSR count). The molecule has 2 unspecified atom stereocenters. The fourth-order valence-corrected chi connectivity index (χ4v) is 3.10. The Morgan fingerprint density at radius 3 is 2.48 bits per heavy atom. The third kappa shape index (κ3) is 4.01. The molecule has 0 aliphatic carbocycles. The number of nitrogens with zero attached hydrogens (tertiary/aromatic N) is 1. The molecule has 1 N–H and O–H groups in total. The molecule has 0 aromatic heterocycles. The summed E-state index contributed by atoms with van der Waals surface area (Å²) in [7, 11) is 0. The Hall–Kier alpha value is -1.00. The molecule has 0 saturated carbocycles. The lowest BCUT2D eigenvalue weighted by molar-refractivity contribution is 0.0395. The summed E-state index contributed by atoms with van der Waals surface area (Å²) in [5.74, 6) is -0.994. The molecule has 2 atom stereocenters. The van der Waals surface area contributed by atoms with Gasteiger partial charge in [-0.1, -0.05) is 20.3 Å². The molecular formula is C17H26F2N2. The molecule has 0 radical (unpaired) electrons. The molecule has 118 valence electrons. The van der Waals surface area contributed by atoms with Crippen molar-refractivity contribution in [3.63, 3.8) is 0 Å². The van der Waals surface area contributed by atoms with E-state index < -0.39 is 11.6 Å². The Bertz CT molecular complexity index is 458. The maximum Gasteiger partial charge on any atom is 0.126 e. The van der Waals surface area contributed by atoms with E-state index in [2.05, 4.69) is 31.0 Å². The van der Waals surface area contributed by atoms with E-state index in [0.717, 1.165) is 38.4 Å². The van der Waals surface area contributed by atoms with E-state index in [9.17, 15) is 8.78 Å². The molecule has 2 nitrogen and oxygen atoms in total. The Kier molecular flexibility index (Phi) is 5.33. The highest BCUT2D eigenvalue weighted by molar-refractivity contribution is 5.18. The summed E-state index contributed by atoms with van der Waals surface area (Å²) in [6, 6.07) is 4.28. The number of piperazine rings is 1. The van der Waals surface area contributed by atoms with Crippen molar-refractivity contribution in [1.29, 1.82) is 0 Å². The molecule has 21 heavy (non-hydrogen) atoms. The van der Waals surface area contributed by atoms with Gasteiger partial charge in [-0.25, -0.2) is 8.78 Å². The summed E-state index contributed by atoms with van der Waals surface area (Å²) in [5.41, 5.74) is 0.747. The van der Waals surface area contributed by atoms with Gasteiger partial charge < -0.3 is 5.32 Å². The first-order valence-electron chi connectivity index (χ1n) is 7.90. The van der Waals surface area contributed by atoms with Crippen LogP contribution in [0.2, 0.25) is 0 Å². The fraction of sp³-hybridized carbons (Fsp3) is 0.647. The highest BCUT2D eigenvalue weighted by atomic mass is 19.1. The van der Waals surface area contributed by atoms with E-state index in [0.29, 0.717) is 18.2 Å². The zero-order chi connectivity index (χ0) is 15.5. The molecule has 1 aliphatic heterocycles. The van der Waals surface area contributed by atoms with Crippen LogP contribution < -0.4 is 5.32 Å². The summed E-state index contributed by atoms with van der Waals surface area (Å²) in [4.78, 5) is 2.37. The van der Waals surface area contributed by atoms with Gasteiger partial charge >= 0.3 is 0 Å². The van der Waals surface area contributed by atoms with Crippen LogP contribution in [0.4, 0.5) is 8.78 Å². The predicted molar refractivity (Wildman–Crippen MR) is 82.2 cm³/mol. The second kappa shape index (κ2) is 6.84. The van der Waals surface area contributed by atoms with Crippen LogP contribution in [0.15, 0.2) is 18.2 Å². The minimum atomic E-state index is -0.497. The van der Waals surface area contributed by atoms with Gasteiger partial charge in [0.1, 0.15) is 11.6 Å².